The lowest BCUT2D eigenvalue weighted by molar-refractivity contribution is 0.219. The second-order valence-corrected chi connectivity index (χ2v) is 5.43. The predicted octanol–water partition coefficient (Wildman–Crippen LogP) is 2.81. The minimum absolute atomic E-state index is 0.191. The van der Waals surface area contributed by atoms with Gasteiger partial charge in [0, 0.05) is 5.56 Å². The molecule has 92 valence electrons. The van der Waals surface area contributed by atoms with Crippen molar-refractivity contribution < 1.29 is 18.3 Å². The lowest BCUT2D eigenvalue weighted by Gasteiger charge is -2.07. The Hall–Kier alpha value is -2.14. The number of hydrogen-bond acceptors (Lipinski definition) is 3. The molecule has 0 aliphatic carbocycles. The second-order valence-electron chi connectivity index (χ2n) is 3.63. The zero-order valence-electron chi connectivity index (χ0n) is 9.28. The van der Waals surface area contributed by atoms with Crippen molar-refractivity contribution in [2.45, 2.75) is 4.90 Å². The molecule has 0 unspecified atom stereocenters. The highest BCUT2D eigenvalue weighted by molar-refractivity contribution is 8.05. The largest absolute Gasteiger partial charge is 0.469 e. The molecule has 2 aromatic rings. The van der Waals surface area contributed by atoms with E-state index >= 15 is 0 Å². The van der Waals surface area contributed by atoms with Crippen LogP contribution >= 0.6 is 0 Å². The van der Waals surface area contributed by atoms with Crippen molar-refractivity contribution in [3.05, 3.63) is 54.6 Å². The van der Waals surface area contributed by atoms with Crippen LogP contribution in [0.1, 0.15) is 0 Å². The molecule has 0 heterocycles. The summed E-state index contributed by atoms with van der Waals surface area (Å²) in [4.78, 5) is 10.6. The predicted molar refractivity (Wildman–Crippen MR) is 67.1 cm³/mol. The molecule has 0 aliphatic heterocycles. The van der Waals surface area contributed by atoms with Gasteiger partial charge >= 0.3 is 5.30 Å². The highest BCUT2D eigenvalue weighted by Crippen LogP contribution is 2.27. The fourth-order valence-electron chi connectivity index (χ4n) is 1.65. The monoisotopic (exact) mass is 262 g/mol. The summed E-state index contributed by atoms with van der Waals surface area (Å²) < 4.78 is 23.5. The average molecular weight is 262 g/mol. The van der Waals surface area contributed by atoms with Gasteiger partial charge in [-0.2, -0.15) is 0 Å². The van der Waals surface area contributed by atoms with Crippen molar-refractivity contribution in [1.82, 2.24) is 0 Å². The van der Waals surface area contributed by atoms with E-state index in [2.05, 4.69) is 0 Å². The number of carbonyl (C=O) groups is 1. The van der Waals surface area contributed by atoms with Crippen LogP contribution in [0.3, 0.4) is 0 Å². The van der Waals surface area contributed by atoms with Crippen molar-refractivity contribution >= 4 is 15.1 Å². The summed E-state index contributed by atoms with van der Waals surface area (Å²) >= 11 is 0. The molecule has 0 aromatic heterocycles. The van der Waals surface area contributed by atoms with Crippen LogP contribution in [0.15, 0.2) is 59.5 Å². The molecule has 0 saturated heterocycles. The van der Waals surface area contributed by atoms with Crippen molar-refractivity contribution in [1.29, 1.82) is 0 Å². The molecule has 0 fully saturated rings. The van der Waals surface area contributed by atoms with E-state index in [0.29, 0.717) is 11.1 Å². The third-order valence-corrected chi connectivity index (χ3v) is 3.89. The van der Waals surface area contributed by atoms with Gasteiger partial charge in [0.1, 0.15) is 0 Å². The Balaban J connectivity index is 2.69. The van der Waals surface area contributed by atoms with E-state index in [4.69, 9.17) is 5.11 Å². The molecular formula is C13H10O4S. The highest BCUT2D eigenvalue weighted by Gasteiger charge is 2.26. The van der Waals surface area contributed by atoms with Crippen molar-refractivity contribution in [3.8, 4) is 11.1 Å². The molecule has 2 aromatic carbocycles. The molecule has 2 rings (SSSR count). The van der Waals surface area contributed by atoms with E-state index in [-0.39, 0.29) is 4.90 Å². The van der Waals surface area contributed by atoms with Gasteiger partial charge in [-0.15, -0.1) is 0 Å². The molecule has 0 aliphatic rings. The van der Waals surface area contributed by atoms with Gasteiger partial charge in [0.05, 0.1) is 4.90 Å². The van der Waals surface area contributed by atoms with E-state index in [0.717, 1.165) is 0 Å². The topological polar surface area (TPSA) is 71.4 Å². The Bertz CT molecular complexity index is 675. The molecule has 0 spiro atoms. The molecular weight excluding hydrogens is 252 g/mol. The van der Waals surface area contributed by atoms with Crippen LogP contribution in [0.4, 0.5) is 4.79 Å². The average Bonchev–Trinajstić information content (AvgIpc) is 2.39. The molecule has 0 bridgehead atoms. The van der Waals surface area contributed by atoms with Crippen molar-refractivity contribution in [2.24, 2.45) is 0 Å². The van der Waals surface area contributed by atoms with Gasteiger partial charge in [0.15, 0.2) is 0 Å². The van der Waals surface area contributed by atoms with E-state index in [1.807, 2.05) is 0 Å². The molecule has 0 atom stereocenters. The van der Waals surface area contributed by atoms with Crippen LogP contribution in [0.25, 0.3) is 11.1 Å². The lowest BCUT2D eigenvalue weighted by Crippen LogP contribution is -2.13. The molecule has 0 radical (unpaired) electrons. The van der Waals surface area contributed by atoms with Crippen LogP contribution in [0.2, 0.25) is 0 Å². The standard InChI is InChI=1S/C13H10O4S/c14-13(15)18(16,17)12-9-5-4-8-11(12)10-6-2-1-3-7-10/h1-9H,(H,14,15). The Kier molecular flexibility index (Phi) is 3.16. The van der Waals surface area contributed by atoms with Gasteiger partial charge in [-0.3, -0.25) is 0 Å². The number of benzene rings is 2. The summed E-state index contributed by atoms with van der Waals surface area (Å²) in [5.41, 5.74) is 1.05. The normalized spacial score (nSPS) is 11.1. The van der Waals surface area contributed by atoms with Gasteiger partial charge in [0.2, 0.25) is 0 Å². The van der Waals surface area contributed by atoms with Gasteiger partial charge in [-0.1, -0.05) is 48.5 Å². The first-order valence-electron chi connectivity index (χ1n) is 5.16. The van der Waals surface area contributed by atoms with E-state index < -0.39 is 15.1 Å². The third-order valence-electron chi connectivity index (χ3n) is 2.49. The quantitative estimate of drug-likeness (QED) is 0.903. The first-order valence-corrected chi connectivity index (χ1v) is 6.64. The Morgan fingerprint density at radius 2 is 1.44 bits per heavy atom. The summed E-state index contributed by atoms with van der Waals surface area (Å²) in [6, 6.07) is 14.9. The number of rotatable bonds is 2. The van der Waals surface area contributed by atoms with Crippen molar-refractivity contribution in [2.75, 3.05) is 0 Å². The Morgan fingerprint density at radius 3 is 2.06 bits per heavy atom. The molecule has 4 nitrogen and oxygen atoms in total. The fraction of sp³-hybridized carbons (Fsp3) is 0. The second kappa shape index (κ2) is 4.62. The molecule has 0 amide bonds. The Labute approximate surface area is 104 Å². The van der Waals surface area contributed by atoms with Crippen LogP contribution in [0, 0.1) is 0 Å². The highest BCUT2D eigenvalue weighted by atomic mass is 32.2. The maximum absolute atomic E-state index is 11.7. The SMILES string of the molecule is O=C(O)S(=O)(=O)c1ccccc1-c1ccccc1. The van der Waals surface area contributed by atoms with E-state index in [1.165, 1.54) is 12.1 Å². The summed E-state index contributed by atoms with van der Waals surface area (Å²) in [5, 5.41) is 6.94. The van der Waals surface area contributed by atoms with Gasteiger partial charge in [-0.05, 0) is 11.6 Å². The molecule has 5 heteroatoms. The van der Waals surface area contributed by atoms with Gasteiger partial charge in [-0.25, -0.2) is 13.2 Å². The maximum atomic E-state index is 11.7. The first-order chi connectivity index (χ1) is 8.53. The number of sulfone groups is 1. The van der Waals surface area contributed by atoms with Crippen molar-refractivity contribution in [3.63, 3.8) is 0 Å². The van der Waals surface area contributed by atoms with Gasteiger partial charge < -0.3 is 5.11 Å². The zero-order valence-corrected chi connectivity index (χ0v) is 10.1. The smallest absolute Gasteiger partial charge is 0.427 e. The molecule has 0 saturated carbocycles. The first kappa shape index (κ1) is 12.3. The third kappa shape index (κ3) is 2.12. The van der Waals surface area contributed by atoms with Crippen LogP contribution in [0.5, 0.6) is 0 Å². The van der Waals surface area contributed by atoms with E-state index in [9.17, 15) is 13.2 Å². The number of carboxylic acid groups (broad SMARTS) is 1. The summed E-state index contributed by atoms with van der Waals surface area (Å²) in [7, 11) is -4.34. The minimum Gasteiger partial charge on any atom is -0.469 e. The summed E-state index contributed by atoms with van der Waals surface area (Å²) in [6.45, 7) is 0. The summed E-state index contributed by atoms with van der Waals surface area (Å²) in [6.07, 6.45) is 0. The molecule has 1 N–H and O–H groups in total. The molecule has 18 heavy (non-hydrogen) atoms. The maximum Gasteiger partial charge on any atom is 0.427 e. The Morgan fingerprint density at radius 1 is 0.889 bits per heavy atom. The van der Waals surface area contributed by atoms with Crippen LogP contribution < -0.4 is 0 Å². The number of hydrogen-bond donors (Lipinski definition) is 1. The van der Waals surface area contributed by atoms with E-state index in [1.54, 1.807) is 42.5 Å². The summed E-state index contributed by atoms with van der Waals surface area (Å²) in [5.74, 6) is 0. The van der Waals surface area contributed by atoms with Crippen LogP contribution in [-0.2, 0) is 9.84 Å². The zero-order chi connectivity index (χ0) is 13.2. The lowest BCUT2D eigenvalue weighted by atomic mass is 10.1. The van der Waals surface area contributed by atoms with Gasteiger partial charge in [0.25, 0.3) is 9.84 Å². The minimum atomic E-state index is -4.34. The van der Waals surface area contributed by atoms with Crippen LogP contribution in [-0.4, -0.2) is 18.8 Å². The fourth-order valence-corrected chi connectivity index (χ4v) is 2.57.